The Morgan fingerprint density at radius 3 is 2.26 bits per heavy atom. The number of rotatable bonds is 10. The fraction of sp³-hybridized carbons (Fsp3) is 0.867. The molecule has 0 saturated carbocycles. The third-order valence-electron chi connectivity index (χ3n) is 3.04. The summed E-state index contributed by atoms with van der Waals surface area (Å²) in [6.07, 6.45) is 6.68. The van der Waals surface area contributed by atoms with E-state index in [2.05, 4.69) is 12.2 Å². The number of methoxy groups -OCH3 is 1. The molecule has 1 N–H and O–H groups in total. The summed E-state index contributed by atoms with van der Waals surface area (Å²) < 4.78 is 4.72. The van der Waals surface area contributed by atoms with Crippen molar-refractivity contribution in [1.29, 1.82) is 0 Å². The first-order valence-electron chi connectivity index (χ1n) is 7.38. The van der Waals surface area contributed by atoms with Crippen molar-refractivity contribution in [1.82, 2.24) is 5.32 Å². The minimum atomic E-state index is -0.506. The summed E-state index contributed by atoms with van der Waals surface area (Å²) in [4.78, 5) is 23.3. The van der Waals surface area contributed by atoms with Crippen molar-refractivity contribution >= 4 is 11.9 Å². The van der Waals surface area contributed by atoms with Crippen LogP contribution in [0.4, 0.5) is 0 Å². The van der Waals surface area contributed by atoms with Crippen molar-refractivity contribution < 1.29 is 14.3 Å². The molecule has 0 aliphatic heterocycles. The van der Waals surface area contributed by atoms with E-state index >= 15 is 0 Å². The summed E-state index contributed by atoms with van der Waals surface area (Å²) in [7, 11) is 1.35. The monoisotopic (exact) mass is 271 g/mol. The molecule has 0 heterocycles. The molecule has 1 atom stereocenters. The summed E-state index contributed by atoms with van der Waals surface area (Å²) in [6.45, 7) is 6.21. The molecule has 0 rings (SSSR count). The van der Waals surface area contributed by atoms with Crippen LogP contribution in [-0.2, 0) is 14.3 Å². The maximum absolute atomic E-state index is 11.8. The fourth-order valence-corrected chi connectivity index (χ4v) is 1.98. The van der Waals surface area contributed by atoms with Gasteiger partial charge in [-0.15, -0.1) is 0 Å². The van der Waals surface area contributed by atoms with Crippen molar-refractivity contribution in [2.24, 2.45) is 5.92 Å². The zero-order valence-corrected chi connectivity index (χ0v) is 12.8. The molecule has 0 aliphatic rings. The van der Waals surface area contributed by atoms with E-state index in [-0.39, 0.29) is 11.9 Å². The number of unbranched alkanes of at least 4 members (excludes halogenated alkanes) is 4. The number of carbonyl (C=O) groups is 2. The second-order valence-corrected chi connectivity index (χ2v) is 5.44. The molecule has 0 spiro atoms. The van der Waals surface area contributed by atoms with Crippen LogP contribution >= 0.6 is 0 Å². The smallest absolute Gasteiger partial charge is 0.328 e. The Balaban J connectivity index is 3.99. The molecular weight excluding hydrogens is 242 g/mol. The molecule has 0 aromatic rings. The molecule has 1 unspecified atom stereocenters. The van der Waals surface area contributed by atoms with Crippen molar-refractivity contribution in [3.8, 4) is 0 Å². The van der Waals surface area contributed by atoms with E-state index in [1.165, 1.54) is 26.4 Å². The standard InChI is InChI=1S/C15H29NO3/c1-5-6-7-8-9-10-14(17)16-13(11-12(2)3)15(18)19-4/h12-13H,5-11H2,1-4H3,(H,16,17). The van der Waals surface area contributed by atoms with E-state index in [9.17, 15) is 9.59 Å². The average Bonchev–Trinajstić information content (AvgIpc) is 2.36. The molecular formula is C15H29NO3. The number of hydrogen-bond acceptors (Lipinski definition) is 3. The van der Waals surface area contributed by atoms with E-state index in [4.69, 9.17) is 4.74 Å². The van der Waals surface area contributed by atoms with Crippen LogP contribution in [0.25, 0.3) is 0 Å². The Morgan fingerprint density at radius 2 is 1.74 bits per heavy atom. The molecule has 0 fully saturated rings. The lowest BCUT2D eigenvalue weighted by Crippen LogP contribution is -2.42. The Morgan fingerprint density at radius 1 is 1.11 bits per heavy atom. The number of carbonyl (C=O) groups excluding carboxylic acids is 2. The van der Waals surface area contributed by atoms with Gasteiger partial charge in [-0.25, -0.2) is 4.79 Å². The quantitative estimate of drug-likeness (QED) is 0.491. The normalized spacial score (nSPS) is 12.3. The van der Waals surface area contributed by atoms with Crippen LogP contribution in [-0.4, -0.2) is 25.0 Å². The van der Waals surface area contributed by atoms with Crippen molar-refractivity contribution in [3.05, 3.63) is 0 Å². The van der Waals surface area contributed by atoms with Crippen LogP contribution in [0.15, 0.2) is 0 Å². The Kier molecular flexibility index (Phi) is 10.2. The van der Waals surface area contributed by atoms with E-state index < -0.39 is 6.04 Å². The van der Waals surface area contributed by atoms with Gasteiger partial charge in [0, 0.05) is 6.42 Å². The lowest BCUT2D eigenvalue weighted by Gasteiger charge is -2.18. The van der Waals surface area contributed by atoms with Crippen molar-refractivity contribution in [3.63, 3.8) is 0 Å². The maximum atomic E-state index is 11.8. The van der Waals surface area contributed by atoms with E-state index in [1.807, 2.05) is 13.8 Å². The zero-order valence-electron chi connectivity index (χ0n) is 12.8. The zero-order chi connectivity index (χ0) is 14.7. The van der Waals surface area contributed by atoms with Crippen molar-refractivity contribution in [2.45, 2.75) is 71.8 Å². The molecule has 112 valence electrons. The molecule has 4 nitrogen and oxygen atoms in total. The molecule has 19 heavy (non-hydrogen) atoms. The highest BCUT2D eigenvalue weighted by molar-refractivity contribution is 5.84. The van der Waals surface area contributed by atoms with Gasteiger partial charge < -0.3 is 10.1 Å². The van der Waals surface area contributed by atoms with Gasteiger partial charge in [0.2, 0.25) is 5.91 Å². The molecule has 1 amide bonds. The first kappa shape index (κ1) is 17.9. The topological polar surface area (TPSA) is 55.4 Å². The van der Waals surface area contributed by atoms with Gasteiger partial charge in [0.25, 0.3) is 0 Å². The molecule has 0 aromatic heterocycles. The summed E-state index contributed by atoms with van der Waals surface area (Å²) >= 11 is 0. The van der Waals surface area contributed by atoms with Gasteiger partial charge in [-0.3, -0.25) is 4.79 Å². The number of hydrogen-bond donors (Lipinski definition) is 1. The second kappa shape index (κ2) is 10.8. The van der Waals surface area contributed by atoms with Crippen LogP contribution in [0, 0.1) is 5.92 Å². The third kappa shape index (κ3) is 9.51. The average molecular weight is 271 g/mol. The predicted molar refractivity (Wildman–Crippen MR) is 76.8 cm³/mol. The van der Waals surface area contributed by atoms with Crippen LogP contribution in [0.5, 0.6) is 0 Å². The highest BCUT2D eigenvalue weighted by Crippen LogP contribution is 2.08. The maximum Gasteiger partial charge on any atom is 0.328 e. The van der Waals surface area contributed by atoms with Gasteiger partial charge >= 0.3 is 5.97 Å². The van der Waals surface area contributed by atoms with E-state index in [1.54, 1.807) is 0 Å². The number of amides is 1. The minimum absolute atomic E-state index is 0.0486. The Bertz CT molecular complexity index is 264. The number of nitrogens with one attached hydrogen (secondary N) is 1. The molecule has 0 radical (unpaired) electrons. The lowest BCUT2D eigenvalue weighted by molar-refractivity contribution is -0.145. The number of ether oxygens (including phenoxy) is 1. The summed E-state index contributed by atoms with van der Waals surface area (Å²) in [5.74, 6) is -0.0606. The van der Waals surface area contributed by atoms with Crippen LogP contribution in [0.2, 0.25) is 0 Å². The van der Waals surface area contributed by atoms with Gasteiger partial charge in [-0.05, 0) is 18.8 Å². The lowest BCUT2D eigenvalue weighted by atomic mass is 10.0. The molecule has 4 heteroatoms. The number of esters is 1. The van der Waals surface area contributed by atoms with Gasteiger partial charge in [-0.1, -0.05) is 46.5 Å². The summed E-state index contributed by atoms with van der Waals surface area (Å²) in [5.41, 5.74) is 0. The molecule has 0 aliphatic carbocycles. The first-order valence-corrected chi connectivity index (χ1v) is 7.38. The highest BCUT2D eigenvalue weighted by atomic mass is 16.5. The van der Waals surface area contributed by atoms with Gasteiger partial charge in [0.05, 0.1) is 7.11 Å². The second-order valence-electron chi connectivity index (χ2n) is 5.44. The Labute approximate surface area is 117 Å². The van der Waals surface area contributed by atoms with Gasteiger partial charge in [0.1, 0.15) is 6.04 Å². The van der Waals surface area contributed by atoms with Crippen molar-refractivity contribution in [2.75, 3.05) is 7.11 Å². The Hall–Kier alpha value is -1.06. The summed E-state index contributed by atoms with van der Waals surface area (Å²) in [5, 5.41) is 2.78. The highest BCUT2D eigenvalue weighted by Gasteiger charge is 2.22. The van der Waals surface area contributed by atoms with Gasteiger partial charge in [-0.2, -0.15) is 0 Å². The van der Waals surface area contributed by atoms with E-state index in [0.29, 0.717) is 18.8 Å². The fourth-order valence-electron chi connectivity index (χ4n) is 1.98. The predicted octanol–water partition coefficient (Wildman–Crippen LogP) is 3.05. The molecule has 0 bridgehead atoms. The van der Waals surface area contributed by atoms with Crippen LogP contribution < -0.4 is 5.32 Å². The third-order valence-corrected chi connectivity index (χ3v) is 3.04. The van der Waals surface area contributed by atoms with Gasteiger partial charge in [0.15, 0.2) is 0 Å². The SMILES string of the molecule is CCCCCCCC(=O)NC(CC(C)C)C(=O)OC. The first-order chi connectivity index (χ1) is 9.01. The van der Waals surface area contributed by atoms with Crippen LogP contribution in [0.1, 0.15) is 65.7 Å². The largest absolute Gasteiger partial charge is 0.467 e. The molecule has 0 saturated heterocycles. The summed E-state index contributed by atoms with van der Waals surface area (Å²) in [6, 6.07) is -0.506. The van der Waals surface area contributed by atoms with E-state index in [0.717, 1.165) is 12.8 Å². The minimum Gasteiger partial charge on any atom is -0.467 e. The molecule has 0 aromatic carbocycles. The van der Waals surface area contributed by atoms with Crippen LogP contribution in [0.3, 0.4) is 0 Å².